The van der Waals surface area contributed by atoms with Crippen molar-refractivity contribution in [3.63, 3.8) is 0 Å². The Morgan fingerprint density at radius 2 is 1.95 bits per heavy atom. The molecule has 0 saturated heterocycles. The highest BCUT2D eigenvalue weighted by molar-refractivity contribution is 9.10. The molecular formula is C16H12BrFN2. The van der Waals surface area contributed by atoms with Crippen LogP contribution in [-0.2, 0) is 0 Å². The van der Waals surface area contributed by atoms with Gasteiger partial charge < -0.3 is 0 Å². The largest absolute Gasteiger partial charge is 0.240 e. The van der Waals surface area contributed by atoms with Gasteiger partial charge in [0.05, 0.1) is 11.9 Å². The van der Waals surface area contributed by atoms with E-state index in [2.05, 4.69) is 21.0 Å². The van der Waals surface area contributed by atoms with E-state index >= 15 is 0 Å². The van der Waals surface area contributed by atoms with Crippen LogP contribution in [0.25, 0.3) is 16.8 Å². The summed E-state index contributed by atoms with van der Waals surface area (Å²) in [6, 6.07) is 12.7. The monoisotopic (exact) mass is 330 g/mol. The topological polar surface area (TPSA) is 17.8 Å². The van der Waals surface area contributed by atoms with Gasteiger partial charge >= 0.3 is 0 Å². The van der Waals surface area contributed by atoms with Crippen LogP contribution in [0.4, 0.5) is 4.39 Å². The summed E-state index contributed by atoms with van der Waals surface area (Å²) in [5, 5.41) is 4.37. The number of rotatable bonds is 2. The molecule has 0 amide bonds. The highest BCUT2D eigenvalue weighted by Crippen LogP contribution is 2.28. The lowest BCUT2D eigenvalue weighted by molar-refractivity contribution is 0.625. The van der Waals surface area contributed by atoms with Crippen LogP contribution in [0.1, 0.15) is 5.56 Å². The number of hydrogen-bond acceptors (Lipinski definition) is 1. The molecule has 20 heavy (non-hydrogen) atoms. The number of nitrogens with zero attached hydrogens (tertiary/aromatic N) is 2. The fourth-order valence-electron chi connectivity index (χ4n) is 2.16. The van der Waals surface area contributed by atoms with E-state index in [0.717, 1.165) is 26.9 Å². The predicted octanol–water partition coefficient (Wildman–Crippen LogP) is 4.75. The Bertz CT molecular complexity index is 765. The summed E-state index contributed by atoms with van der Waals surface area (Å²) in [4.78, 5) is 0. The van der Waals surface area contributed by atoms with E-state index in [-0.39, 0.29) is 5.82 Å². The number of aryl methyl sites for hydroxylation is 1. The molecule has 1 heterocycles. The maximum absolute atomic E-state index is 13.2. The van der Waals surface area contributed by atoms with E-state index in [1.54, 1.807) is 10.7 Å². The van der Waals surface area contributed by atoms with Gasteiger partial charge in [0, 0.05) is 16.2 Å². The second kappa shape index (κ2) is 5.21. The van der Waals surface area contributed by atoms with Gasteiger partial charge in [-0.3, -0.25) is 0 Å². The quantitative estimate of drug-likeness (QED) is 0.663. The molecule has 4 heteroatoms. The summed E-state index contributed by atoms with van der Waals surface area (Å²) in [6.45, 7) is 1.87. The first-order chi connectivity index (χ1) is 9.65. The molecule has 0 radical (unpaired) electrons. The van der Waals surface area contributed by atoms with Gasteiger partial charge in [-0.2, -0.15) is 5.10 Å². The van der Waals surface area contributed by atoms with Crippen LogP contribution in [0.5, 0.6) is 0 Å². The molecule has 2 aromatic carbocycles. The highest BCUT2D eigenvalue weighted by Gasteiger charge is 2.08. The molecule has 0 bridgehead atoms. The Balaban J connectivity index is 2.04. The lowest BCUT2D eigenvalue weighted by Crippen LogP contribution is -1.97. The third-order valence-electron chi connectivity index (χ3n) is 3.17. The fourth-order valence-corrected chi connectivity index (χ4v) is 2.68. The van der Waals surface area contributed by atoms with Gasteiger partial charge in [-0.05, 0) is 42.3 Å². The summed E-state index contributed by atoms with van der Waals surface area (Å²) in [7, 11) is 0. The lowest BCUT2D eigenvalue weighted by Gasteiger charge is -2.05. The van der Waals surface area contributed by atoms with E-state index < -0.39 is 0 Å². The first kappa shape index (κ1) is 13.1. The predicted molar refractivity (Wildman–Crippen MR) is 81.4 cm³/mol. The van der Waals surface area contributed by atoms with Gasteiger partial charge in [-0.15, -0.1) is 0 Å². The van der Waals surface area contributed by atoms with Crippen molar-refractivity contribution in [3.05, 3.63) is 70.7 Å². The summed E-state index contributed by atoms with van der Waals surface area (Å²) in [6.07, 6.45) is 3.75. The summed E-state index contributed by atoms with van der Waals surface area (Å²) < 4.78 is 15.9. The zero-order chi connectivity index (χ0) is 14.1. The van der Waals surface area contributed by atoms with Crippen LogP contribution >= 0.6 is 15.9 Å². The number of halogens is 2. The minimum Gasteiger partial charge on any atom is -0.240 e. The third kappa shape index (κ3) is 2.39. The fraction of sp³-hybridized carbons (Fsp3) is 0.0625. The van der Waals surface area contributed by atoms with Crippen LogP contribution in [0.2, 0.25) is 0 Å². The molecule has 0 N–H and O–H groups in total. The van der Waals surface area contributed by atoms with Crippen LogP contribution in [0.15, 0.2) is 59.3 Å². The molecule has 100 valence electrons. The molecule has 0 unspecified atom stereocenters. The van der Waals surface area contributed by atoms with Crippen molar-refractivity contribution in [1.82, 2.24) is 9.78 Å². The zero-order valence-corrected chi connectivity index (χ0v) is 12.4. The molecule has 0 aliphatic rings. The van der Waals surface area contributed by atoms with E-state index in [1.165, 1.54) is 12.1 Å². The van der Waals surface area contributed by atoms with Gasteiger partial charge in [-0.25, -0.2) is 9.07 Å². The van der Waals surface area contributed by atoms with Crippen molar-refractivity contribution in [2.45, 2.75) is 6.92 Å². The summed E-state index contributed by atoms with van der Waals surface area (Å²) in [5.74, 6) is -0.232. The van der Waals surface area contributed by atoms with Crippen molar-refractivity contribution < 1.29 is 4.39 Å². The normalized spacial score (nSPS) is 10.8. The molecule has 0 spiro atoms. The van der Waals surface area contributed by atoms with E-state index in [1.807, 2.05) is 43.6 Å². The molecule has 0 atom stereocenters. The van der Waals surface area contributed by atoms with Crippen molar-refractivity contribution in [2.75, 3.05) is 0 Å². The van der Waals surface area contributed by atoms with Gasteiger partial charge in [0.25, 0.3) is 0 Å². The minimum absolute atomic E-state index is 0.232. The summed E-state index contributed by atoms with van der Waals surface area (Å²) >= 11 is 3.54. The Morgan fingerprint density at radius 1 is 1.15 bits per heavy atom. The van der Waals surface area contributed by atoms with Crippen LogP contribution in [0, 0.1) is 12.7 Å². The van der Waals surface area contributed by atoms with Crippen molar-refractivity contribution in [1.29, 1.82) is 0 Å². The number of hydrogen-bond donors (Lipinski definition) is 0. The molecular weight excluding hydrogens is 319 g/mol. The second-order valence-electron chi connectivity index (χ2n) is 4.58. The minimum atomic E-state index is -0.232. The van der Waals surface area contributed by atoms with Gasteiger partial charge in [0.15, 0.2) is 0 Å². The molecule has 2 nitrogen and oxygen atoms in total. The Labute approximate surface area is 125 Å². The lowest BCUT2D eigenvalue weighted by atomic mass is 10.1. The number of aromatic nitrogens is 2. The van der Waals surface area contributed by atoms with Crippen molar-refractivity contribution in [2.24, 2.45) is 0 Å². The molecule has 1 aromatic heterocycles. The molecule has 0 aliphatic heterocycles. The number of benzene rings is 2. The van der Waals surface area contributed by atoms with Crippen LogP contribution in [-0.4, -0.2) is 9.78 Å². The van der Waals surface area contributed by atoms with Crippen molar-refractivity contribution in [3.8, 4) is 16.8 Å². The van der Waals surface area contributed by atoms with E-state index in [9.17, 15) is 4.39 Å². The standard InChI is InChI=1S/C16H12BrFN2/c1-11-8-13(18)6-7-16(11)20-10-12(9-19-20)14-4-2-3-5-15(14)17/h2-10H,1H3. The van der Waals surface area contributed by atoms with Crippen LogP contribution in [0.3, 0.4) is 0 Å². The Morgan fingerprint density at radius 3 is 2.70 bits per heavy atom. The SMILES string of the molecule is Cc1cc(F)ccc1-n1cc(-c2ccccc2Br)cn1. The third-order valence-corrected chi connectivity index (χ3v) is 3.86. The van der Waals surface area contributed by atoms with Gasteiger partial charge in [0.2, 0.25) is 0 Å². The van der Waals surface area contributed by atoms with Gasteiger partial charge in [-0.1, -0.05) is 34.1 Å². The zero-order valence-electron chi connectivity index (χ0n) is 10.8. The Hall–Kier alpha value is -1.94. The van der Waals surface area contributed by atoms with E-state index in [0.29, 0.717) is 0 Å². The maximum Gasteiger partial charge on any atom is 0.123 e. The smallest absolute Gasteiger partial charge is 0.123 e. The first-order valence-electron chi connectivity index (χ1n) is 6.21. The Kier molecular flexibility index (Phi) is 3.40. The molecule has 3 rings (SSSR count). The molecule has 3 aromatic rings. The highest BCUT2D eigenvalue weighted by atomic mass is 79.9. The average Bonchev–Trinajstić information content (AvgIpc) is 2.88. The molecule has 0 saturated carbocycles. The first-order valence-corrected chi connectivity index (χ1v) is 7.00. The van der Waals surface area contributed by atoms with Crippen molar-refractivity contribution >= 4 is 15.9 Å². The van der Waals surface area contributed by atoms with E-state index in [4.69, 9.17) is 0 Å². The maximum atomic E-state index is 13.2. The molecule has 0 aliphatic carbocycles. The molecule has 0 fully saturated rings. The van der Waals surface area contributed by atoms with Gasteiger partial charge in [0.1, 0.15) is 5.82 Å². The summed E-state index contributed by atoms with van der Waals surface area (Å²) in [5.41, 5.74) is 3.83. The second-order valence-corrected chi connectivity index (χ2v) is 5.44. The van der Waals surface area contributed by atoms with Crippen LogP contribution < -0.4 is 0 Å². The average molecular weight is 331 g/mol.